The van der Waals surface area contributed by atoms with Crippen LogP contribution in [0.3, 0.4) is 0 Å². The summed E-state index contributed by atoms with van der Waals surface area (Å²) >= 11 is 1.94. The van der Waals surface area contributed by atoms with Gasteiger partial charge in [-0.1, -0.05) is 6.92 Å². The van der Waals surface area contributed by atoms with Gasteiger partial charge < -0.3 is 4.74 Å². The predicted octanol–water partition coefficient (Wildman–Crippen LogP) is 3.28. The fourth-order valence-corrected chi connectivity index (χ4v) is 3.40. The van der Waals surface area contributed by atoms with Crippen LogP contribution in [0.5, 0.6) is 5.75 Å². The van der Waals surface area contributed by atoms with Gasteiger partial charge in [-0.15, -0.1) is 11.8 Å². The number of hydrogen-bond acceptors (Lipinski definition) is 3. The van der Waals surface area contributed by atoms with Crippen LogP contribution in [0.25, 0.3) is 10.9 Å². The van der Waals surface area contributed by atoms with Gasteiger partial charge in [0.25, 0.3) is 0 Å². The summed E-state index contributed by atoms with van der Waals surface area (Å²) in [5, 5.41) is 1.89. The van der Waals surface area contributed by atoms with E-state index in [0.29, 0.717) is 5.25 Å². The molecule has 0 radical (unpaired) electrons. The third kappa shape index (κ3) is 1.47. The van der Waals surface area contributed by atoms with Crippen LogP contribution in [-0.2, 0) is 6.42 Å². The Balaban J connectivity index is 2.26. The van der Waals surface area contributed by atoms with Crippen LogP contribution >= 0.6 is 11.8 Å². The lowest BCUT2D eigenvalue weighted by Gasteiger charge is -2.06. The number of fused-ring (bicyclic) bond motifs is 3. The maximum absolute atomic E-state index is 5.27. The van der Waals surface area contributed by atoms with E-state index in [4.69, 9.17) is 4.74 Å². The Bertz CT molecular complexity index is 553. The zero-order valence-corrected chi connectivity index (χ0v) is 10.2. The van der Waals surface area contributed by atoms with Gasteiger partial charge in [0, 0.05) is 21.7 Å². The zero-order valence-electron chi connectivity index (χ0n) is 9.36. The standard InChI is InChI=1S/C13H13NOS/c1-8-5-9-7-14-12-4-3-10(15-2)6-11(12)13(9)16-8/h3-4,6-8H,5H2,1-2H3. The number of hydrogen-bond donors (Lipinski definition) is 0. The molecule has 1 unspecified atom stereocenters. The third-order valence-corrected chi connectivity index (χ3v) is 4.21. The molecule has 2 nitrogen and oxygen atoms in total. The van der Waals surface area contributed by atoms with E-state index in [2.05, 4.69) is 18.0 Å². The van der Waals surface area contributed by atoms with E-state index in [1.54, 1.807) is 7.11 Å². The van der Waals surface area contributed by atoms with Crippen molar-refractivity contribution in [2.75, 3.05) is 7.11 Å². The van der Waals surface area contributed by atoms with Crippen molar-refractivity contribution in [3.8, 4) is 5.75 Å². The highest BCUT2D eigenvalue weighted by molar-refractivity contribution is 8.00. The van der Waals surface area contributed by atoms with Gasteiger partial charge in [0.1, 0.15) is 5.75 Å². The van der Waals surface area contributed by atoms with Gasteiger partial charge in [0.2, 0.25) is 0 Å². The summed E-state index contributed by atoms with van der Waals surface area (Å²) in [4.78, 5) is 5.88. The molecule has 0 saturated carbocycles. The largest absolute Gasteiger partial charge is 0.497 e. The number of rotatable bonds is 1. The Morgan fingerprint density at radius 2 is 2.31 bits per heavy atom. The summed E-state index contributed by atoms with van der Waals surface area (Å²) in [7, 11) is 1.70. The second kappa shape index (κ2) is 3.67. The molecule has 1 aliphatic heterocycles. The van der Waals surface area contributed by atoms with Crippen molar-refractivity contribution in [2.24, 2.45) is 0 Å². The minimum Gasteiger partial charge on any atom is -0.497 e. The van der Waals surface area contributed by atoms with Crippen LogP contribution < -0.4 is 4.74 Å². The van der Waals surface area contributed by atoms with Crippen molar-refractivity contribution in [1.82, 2.24) is 4.98 Å². The Labute approximate surface area is 99.0 Å². The first-order valence-electron chi connectivity index (χ1n) is 5.40. The molecule has 2 heterocycles. The van der Waals surface area contributed by atoms with Crippen LogP contribution in [0.4, 0.5) is 0 Å². The lowest BCUT2D eigenvalue weighted by atomic mass is 10.1. The highest BCUT2D eigenvalue weighted by Gasteiger charge is 2.21. The SMILES string of the molecule is COc1ccc2ncc3c(c2c1)SC(C)C3. The van der Waals surface area contributed by atoms with Crippen molar-refractivity contribution in [1.29, 1.82) is 0 Å². The lowest BCUT2D eigenvalue weighted by Crippen LogP contribution is -1.91. The fraction of sp³-hybridized carbons (Fsp3) is 0.308. The van der Waals surface area contributed by atoms with Gasteiger partial charge in [-0.25, -0.2) is 0 Å². The van der Waals surface area contributed by atoms with Gasteiger partial charge in [0.15, 0.2) is 0 Å². The van der Waals surface area contributed by atoms with E-state index in [1.807, 2.05) is 30.1 Å². The molecule has 0 saturated heterocycles. The first-order chi connectivity index (χ1) is 7.78. The number of aromatic nitrogens is 1. The van der Waals surface area contributed by atoms with Crippen molar-refractivity contribution in [3.05, 3.63) is 30.0 Å². The van der Waals surface area contributed by atoms with Crippen LogP contribution in [0.1, 0.15) is 12.5 Å². The van der Waals surface area contributed by atoms with E-state index in [0.717, 1.165) is 17.7 Å². The second-order valence-electron chi connectivity index (χ2n) is 4.13. The van der Waals surface area contributed by atoms with E-state index in [1.165, 1.54) is 15.8 Å². The zero-order chi connectivity index (χ0) is 11.1. The smallest absolute Gasteiger partial charge is 0.119 e. The van der Waals surface area contributed by atoms with Gasteiger partial charge in [-0.05, 0) is 30.2 Å². The van der Waals surface area contributed by atoms with Gasteiger partial charge >= 0.3 is 0 Å². The van der Waals surface area contributed by atoms with E-state index in [-0.39, 0.29) is 0 Å². The third-order valence-electron chi connectivity index (χ3n) is 2.93. The molecule has 16 heavy (non-hydrogen) atoms. The second-order valence-corrected chi connectivity index (χ2v) is 5.58. The molecule has 0 fully saturated rings. The fourth-order valence-electron chi connectivity index (χ4n) is 2.15. The van der Waals surface area contributed by atoms with E-state index < -0.39 is 0 Å². The summed E-state index contributed by atoms with van der Waals surface area (Å²) in [6.45, 7) is 2.26. The number of pyridine rings is 1. The molecule has 0 bridgehead atoms. The Kier molecular flexibility index (Phi) is 2.28. The molecule has 1 aliphatic rings. The maximum atomic E-state index is 5.27. The molecule has 0 spiro atoms. The Morgan fingerprint density at radius 3 is 3.12 bits per heavy atom. The highest BCUT2D eigenvalue weighted by atomic mass is 32.2. The molecule has 2 aromatic rings. The molecule has 0 aliphatic carbocycles. The Morgan fingerprint density at radius 1 is 1.44 bits per heavy atom. The molecule has 3 heteroatoms. The molecular formula is C13H13NOS. The van der Waals surface area contributed by atoms with E-state index >= 15 is 0 Å². The number of ether oxygens (including phenoxy) is 1. The molecule has 82 valence electrons. The molecule has 1 aromatic heterocycles. The average molecular weight is 231 g/mol. The first-order valence-corrected chi connectivity index (χ1v) is 6.28. The van der Waals surface area contributed by atoms with Crippen LogP contribution in [0.2, 0.25) is 0 Å². The van der Waals surface area contributed by atoms with Crippen molar-refractivity contribution in [2.45, 2.75) is 23.5 Å². The summed E-state index contributed by atoms with van der Waals surface area (Å²) < 4.78 is 5.27. The molecule has 3 rings (SSSR count). The summed E-state index contributed by atoms with van der Waals surface area (Å²) in [5.74, 6) is 0.905. The van der Waals surface area contributed by atoms with Gasteiger partial charge in [0.05, 0.1) is 12.6 Å². The van der Waals surface area contributed by atoms with E-state index in [9.17, 15) is 0 Å². The summed E-state index contributed by atoms with van der Waals surface area (Å²) in [6.07, 6.45) is 3.14. The predicted molar refractivity (Wildman–Crippen MR) is 67.3 cm³/mol. The molecule has 0 N–H and O–H groups in total. The minimum absolute atomic E-state index is 0.661. The monoisotopic (exact) mass is 231 g/mol. The van der Waals surface area contributed by atoms with Crippen molar-refractivity contribution < 1.29 is 4.74 Å². The normalized spacial score (nSPS) is 18.8. The maximum Gasteiger partial charge on any atom is 0.119 e. The minimum atomic E-state index is 0.661. The number of methoxy groups -OCH3 is 1. The molecular weight excluding hydrogens is 218 g/mol. The number of benzene rings is 1. The Hall–Kier alpha value is -1.22. The van der Waals surface area contributed by atoms with Gasteiger partial charge in [-0.3, -0.25) is 4.98 Å². The number of thioether (sulfide) groups is 1. The highest BCUT2D eigenvalue weighted by Crippen LogP contribution is 2.41. The molecule has 0 amide bonds. The van der Waals surface area contributed by atoms with Crippen molar-refractivity contribution in [3.63, 3.8) is 0 Å². The summed E-state index contributed by atoms with van der Waals surface area (Å²) in [6, 6.07) is 6.08. The van der Waals surface area contributed by atoms with Gasteiger partial charge in [-0.2, -0.15) is 0 Å². The average Bonchev–Trinajstić information content (AvgIpc) is 2.69. The first kappa shape index (κ1) is 9.97. The van der Waals surface area contributed by atoms with Crippen LogP contribution in [0, 0.1) is 0 Å². The molecule has 1 atom stereocenters. The summed E-state index contributed by atoms with van der Waals surface area (Å²) in [5.41, 5.74) is 2.43. The van der Waals surface area contributed by atoms with Crippen LogP contribution in [0.15, 0.2) is 29.3 Å². The number of nitrogens with zero attached hydrogens (tertiary/aromatic N) is 1. The van der Waals surface area contributed by atoms with Crippen molar-refractivity contribution >= 4 is 22.7 Å². The molecule has 1 aromatic carbocycles. The quantitative estimate of drug-likeness (QED) is 0.752. The lowest BCUT2D eigenvalue weighted by molar-refractivity contribution is 0.415. The van der Waals surface area contributed by atoms with Crippen LogP contribution in [-0.4, -0.2) is 17.3 Å². The topological polar surface area (TPSA) is 22.1 Å².